The summed E-state index contributed by atoms with van der Waals surface area (Å²) in [6, 6.07) is 53.5. The van der Waals surface area contributed by atoms with Crippen molar-refractivity contribution < 1.29 is 0 Å². The summed E-state index contributed by atoms with van der Waals surface area (Å²) in [5, 5.41) is 15.9. The number of rotatable bonds is 1. The summed E-state index contributed by atoms with van der Waals surface area (Å²) in [6.45, 7) is 9.71. The van der Waals surface area contributed by atoms with Gasteiger partial charge in [-0.05, 0) is 157 Å². The van der Waals surface area contributed by atoms with Crippen molar-refractivity contribution in [2.75, 3.05) is 0 Å². The second-order valence-corrected chi connectivity index (χ2v) is 17.4. The van der Waals surface area contributed by atoms with Crippen LogP contribution in [0.15, 0.2) is 144 Å². The molecule has 0 nitrogen and oxygen atoms in total. The molecule has 2 aliphatic rings. The van der Waals surface area contributed by atoms with Gasteiger partial charge in [0.25, 0.3) is 0 Å². The molecule has 0 spiro atoms. The minimum Gasteiger partial charge on any atom is -0.0616 e. The SMILES string of the molecule is CC1(C)c2cc(-c3ccc4ccc5c(Br)ccc6ccc3c4c65)ccc2-c2cc3c(cc21)-c1cc2c4ccccc4c4ccccc4c2cc1C3(C)C. The highest BCUT2D eigenvalue weighted by molar-refractivity contribution is 9.10. The molecule has 0 amide bonds. The molecule has 0 radical (unpaired) electrons. The third-order valence-electron chi connectivity index (χ3n) is 13.3. The van der Waals surface area contributed by atoms with Gasteiger partial charge in [-0.15, -0.1) is 0 Å². The maximum absolute atomic E-state index is 3.83. The van der Waals surface area contributed by atoms with Crippen LogP contribution in [0.4, 0.5) is 0 Å². The molecule has 0 N–H and O–H groups in total. The number of hydrogen-bond acceptors (Lipinski definition) is 0. The molecule has 53 heavy (non-hydrogen) atoms. The second-order valence-electron chi connectivity index (χ2n) is 16.6. The van der Waals surface area contributed by atoms with E-state index in [1.54, 1.807) is 0 Å². The highest BCUT2D eigenvalue weighted by atomic mass is 79.9. The molecule has 10 aromatic carbocycles. The first-order valence-electron chi connectivity index (χ1n) is 18.8. The maximum atomic E-state index is 3.83. The zero-order valence-corrected chi connectivity index (χ0v) is 31.7. The number of benzene rings is 10. The van der Waals surface area contributed by atoms with Gasteiger partial charge in [0, 0.05) is 15.3 Å². The molecule has 1 heteroatoms. The van der Waals surface area contributed by atoms with Crippen molar-refractivity contribution in [2.45, 2.75) is 38.5 Å². The van der Waals surface area contributed by atoms with Gasteiger partial charge in [-0.1, -0.05) is 147 Å². The van der Waals surface area contributed by atoms with E-state index in [1.165, 1.54) is 120 Å². The lowest BCUT2D eigenvalue weighted by Gasteiger charge is -2.24. The summed E-state index contributed by atoms with van der Waals surface area (Å²) < 4.78 is 1.15. The number of halogens is 1. The van der Waals surface area contributed by atoms with Crippen LogP contribution in [0.2, 0.25) is 0 Å². The van der Waals surface area contributed by atoms with Crippen molar-refractivity contribution in [2.24, 2.45) is 0 Å². The summed E-state index contributed by atoms with van der Waals surface area (Å²) in [5.74, 6) is 0. The van der Waals surface area contributed by atoms with Crippen molar-refractivity contribution in [1.29, 1.82) is 0 Å². The third kappa shape index (κ3) is 3.71. The van der Waals surface area contributed by atoms with Crippen LogP contribution in [0.5, 0.6) is 0 Å². The highest BCUT2D eigenvalue weighted by Gasteiger charge is 2.42. The van der Waals surface area contributed by atoms with E-state index in [2.05, 4.69) is 183 Å². The van der Waals surface area contributed by atoms with Crippen LogP contribution >= 0.6 is 15.9 Å². The van der Waals surface area contributed by atoms with E-state index < -0.39 is 0 Å². The largest absolute Gasteiger partial charge is 0.0616 e. The lowest BCUT2D eigenvalue weighted by Crippen LogP contribution is -2.17. The van der Waals surface area contributed by atoms with Gasteiger partial charge < -0.3 is 0 Å². The van der Waals surface area contributed by atoms with Crippen LogP contribution in [-0.4, -0.2) is 0 Å². The average Bonchev–Trinajstić information content (AvgIpc) is 3.54. The van der Waals surface area contributed by atoms with Crippen molar-refractivity contribution in [3.8, 4) is 33.4 Å². The van der Waals surface area contributed by atoms with E-state index in [4.69, 9.17) is 0 Å². The molecule has 12 rings (SSSR count). The van der Waals surface area contributed by atoms with E-state index in [1.807, 2.05) is 0 Å². The highest BCUT2D eigenvalue weighted by Crippen LogP contribution is 2.57. The molecule has 0 heterocycles. The van der Waals surface area contributed by atoms with E-state index in [9.17, 15) is 0 Å². The van der Waals surface area contributed by atoms with E-state index in [0.29, 0.717) is 0 Å². The molecule has 0 bridgehead atoms. The summed E-state index contributed by atoms with van der Waals surface area (Å²) in [7, 11) is 0. The topological polar surface area (TPSA) is 0 Å². The van der Waals surface area contributed by atoms with Crippen molar-refractivity contribution in [3.63, 3.8) is 0 Å². The minimum absolute atomic E-state index is 0.121. The molecule has 2 aliphatic carbocycles. The molecule has 0 saturated heterocycles. The first-order chi connectivity index (χ1) is 25.7. The molecule has 0 atom stereocenters. The first-order valence-corrected chi connectivity index (χ1v) is 19.6. The Morgan fingerprint density at radius 3 is 1.45 bits per heavy atom. The Kier molecular flexibility index (Phi) is 5.62. The van der Waals surface area contributed by atoms with Gasteiger partial charge in [0.15, 0.2) is 0 Å². The van der Waals surface area contributed by atoms with Crippen molar-refractivity contribution in [3.05, 3.63) is 166 Å². The molecular weight excluding hydrogens is 704 g/mol. The Labute approximate surface area is 317 Å². The standard InChI is InChI=1S/C52H35Br/c1-51(2)44-23-30(31-18-13-28-15-21-38-48(53)22-17-29-14-20-37(31)49(28)50(29)38)16-19-36(44)42-26-47-43(27-46(42)51)41-24-39-34-11-7-5-9-32(34)33-10-6-8-12-35(33)40(39)25-45(41)52(47,3)4/h5-27H,1-4H3. The molecule has 10 aromatic rings. The Morgan fingerprint density at radius 2 is 0.792 bits per heavy atom. The Hall–Kier alpha value is -5.50. The van der Waals surface area contributed by atoms with E-state index >= 15 is 0 Å². The van der Waals surface area contributed by atoms with Crippen LogP contribution in [-0.2, 0) is 10.8 Å². The normalized spacial score (nSPS) is 15.2. The fourth-order valence-electron chi connectivity index (χ4n) is 10.5. The lowest BCUT2D eigenvalue weighted by molar-refractivity contribution is 0.652. The van der Waals surface area contributed by atoms with E-state index in [0.717, 1.165) is 4.47 Å². The summed E-state index contributed by atoms with van der Waals surface area (Å²) >= 11 is 3.83. The smallest absolute Gasteiger partial charge is 0.0254 e. The summed E-state index contributed by atoms with van der Waals surface area (Å²) in [4.78, 5) is 0. The molecule has 0 saturated carbocycles. The van der Waals surface area contributed by atoms with Crippen LogP contribution in [0.25, 0.3) is 98.0 Å². The fraction of sp³-hybridized carbons (Fsp3) is 0.115. The molecule has 0 unspecified atom stereocenters. The monoisotopic (exact) mass is 738 g/mol. The predicted molar refractivity (Wildman–Crippen MR) is 231 cm³/mol. The molecular formula is C52H35Br. The van der Waals surface area contributed by atoms with E-state index in [-0.39, 0.29) is 10.8 Å². The number of fused-ring (bicyclic) bond motifs is 12. The third-order valence-corrected chi connectivity index (χ3v) is 13.9. The van der Waals surface area contributed by atoms with Gasteiger partial charge in [-0.25, -0.2) is 0 Å². The summed E-state index contributed by atoms with van der Waals surface area (Å²) in [6.07, 6.45) is 0. The van der Waals surface area contributed by atoms with Crippen LogP contribution in [0.3, 0.4) is 0 Å². The number of hydrogen-bond donors (Lipinski definition) is 0. The maximum Gasteiger partial charge on any atom is 0.0254 e. The Balaban J connectivity index is 1.05. The minimum atomic E-state index is -0.142. The van der Waals surface area contributed by atoms with Gasteiger partial charge >= 0.3 is 0 Å². The average molecular weight is 740 g/mol. The quantitative estimate of drug-likeness (QED) is 0.147. The van der Waals surface area contributed by atoms with Gasteiger partial charge in [0.05, 0.1) is 0 Å². The van der Waals surface area contributed by atoms with Gasteiger partial charge in [-0.3, -0.25) is 0 Å². The van der Waals surface area contributed by atoms with Crippen LogP contribution in [0, 0.1) is 0 Å². The molecule has 0 fully saturated rings. The zero-order chi connectivity index (χ0) is 35.5. The van der Waals surface area contributed by atoms with Crippen LogP contribution in [0.1, 0.15) is 49.9 Å². The molecule has 0 aromatic heterocycles. The predicted octanol–water partition coefficient (Wildman–Crippen LogP) is 15.1. The molecule has 250 valence electrons. The molecule has 0 aliphatic heterocycles. The first kappa shape index (κ1) is 30.0. The van der Waals surface area contributed by atoms with Crippen LogP contribution < -0.4 is 0 Å². The fourth-order valence-corrected chi connectivity index (χ4v) is 11.0. The Bertz CT molecular complexity index is 3280. The summed E-state index contributed by atoms with van der Waals surface area (Å²) in [5.41, 5.74) is 13.5. The lowest BCUT2D eigenvalue weighted by atomic mass is 9.78. The van der Waals surface area contributed by atoms with Crippen molar-refractivity contribution in [1.82, 2.24) is 0 Å². The second kappa shape index (κ2) is 9.92. The Morgan fingerprint density at radius 1 is 0.340 bits per heavy atom. The van der Waals surface area contributed by atoms with Gasteiger partial charge in [-0.2, -0.15) is 0 Å². The zero-order valence-electron chi connectivity index (χ0n) is 30.2. The van der Waals surface area contributed by atoms with Crippen molar-refractivity contribution >= 4 is 80.6 Å². The van der Waals surface area contributed by atoms with Gasteiger partial charge in [0.1, 0.15) is 0 Å². The van der Waals surface area contributed by atoms with Gasteiger partial charge in [0.2, 0.25) is 0 Å².